The molecule has 1 aromatic rings. The van der Waals surface area contributed by atoms with Gasteiger partial charge in [-0.1, -0.05) is 30.7 Å². The first-order valence-corrected chi connectivity index (χ1v) is 8.91. The lowest BCUT2D eigenvalue weighted by atomic mass is 10.1. The topological polar surface area (TPSA) is 43.8 Å². The minimum absolute atomic E-state index is 0.141. The Hall–Kier alpha value is -1.10. The smallest absolute Gasteiger partial charge is 0.226 e. The number of halogens is 1. The van der Waals surface area contributed by atoms with Crippen molar-refractivity contribution in [2.24, 2.45) is 5.92 Å². The molecule has 126 valence electrons. The van der Waals surface area contributed by atoms with Crippen LogP contribution in [0.15, 0.2) is 24.3 Å². The summed E-state index contributed by atoms with van der Waals surface area (Å²) < 4.78 is 0. The second kappa shape index (κ2) is 7.20. The summed E-state index contributed by atoms with van der Waals surface area (Å²) in [4.78, 5) is 17.0. The van der Waals surface area contributed by atoms with Crippen LogP contribution in [0, 0.1) is 5.92 Å². The fraction of sp³-hybridized carbons (Fsp3) is 0.611. The third-order valence-electron chi connectivity index (χ3n) is 5.23. The Morgan fingerprint density at radius 3 is 2.48 bits per heavy atom. The van der Waals surface area contributed by atoms with Crippen LogP contribution in [0.25, 0.3) is 0 Å². The van der Waals surface area contributed by atoms with E-state index in [1.54, 1.807) is 0 Å². The molecule has 3 atom stereocenters. The quantitative estimate of drug-likeness (QED) is 0.897. The Balaban J connectivity index is 1.52. The van der Waals surface area contributed by atoms with Crippen molar-refractivity contribution in [2.45, 2.75) is 31.7 Å². The van der Waals surface area contributed by atoms with Crippen LogP contribution in [0.4, 0.5) is 0 Å². The number of hydrogen-bond acceptors (Lipinski definition) is 3. The molecule has 0 spiro atoms. The molecule has 4 nitrogen and oxygen atoms in total. The summed E-state index contributed by atoms with van der Waals surface area (Å²) in [5.74, 6) is 0.794. The molecule has 1 heterocycles. The maximum atomic E-state index is 12.7. The first-order valence-electron chi connectivity index (χ1n) is 8.53. The maximum absolute atomic E-state index is 12.7. The van der Waals surface area contributed by atoms with Gasteiger partial charge in [0.1, 0.15) is 0 Å². The monoisotopic (exact) mass is 336 g/mol. The van der Waals surface area contributed by atoms with Gasteiger partial charge in [0.05, 0.1) is 6.61 Å². The molecule has 1 aliphatic heterocycles. The van der Waals surface area contributed by atoms with Crippen LogP contribution in [0.2, 0.25) is 5.02 Å². The van der Waals surface area contributed by atoms with Crippen LogP contribution in [-0.2, 0) is 4.79 Å². The van der Waals surface area contributed by atoms with E-state index in [-0.39, 0.29) is 18.6 Å². The molecule has 5 heteroatoms. The average Bonchev–Trinajstić information content (AvgIpc) is 3.37. The molecule has 0 radical (unpaired) electrons. The number of amides is 1. The molecule has 0 aromatic heterocycles. The molecule has 3 unspecified atom stereocenters. The van der Waals surface area contributed by atoms with E-state index in [1.807, 2.05) is 29.2 Å². The van der Waals surface area contributed by atoms with Gasteiger partial charge in [0, 0.05) is 43.2 Å². The molecule has 2 aliphatic rings. The van der Waals surface area contributed by atoms with Gasteiger partial charge in [0.2, 0.25) is 5.91 Å². The predicted molar refractivity (Wildman–Crippen MR) is 91.6 cm³/mol. The summed E-state index contributed by atoms with van der Waals surface area (Å²) in [5, 5.41) is 10.1. The van der Waals surface area contributed by atoms with E-state index in [9.17, 15) is 9.90 Å². The van der Waals surface area contributed by atoms with E-state index >= 15 is 0 Å². The lowest BCUT2D eigenvalue weighted by molar-refractivity contribution is -0.134. The number of rotatable bonds is 5. The largest absolute Gasteiger partial charge is 0.395 e. The van der Waals surface area contributed by atoms with Gasteiger partial charge in [0.25, 0.3) is 0 Å². The number of aliphatic hydroxyl groups excluding tert-OH is 1. The molecule has 2 fully saturated rings. The highest BCUT2D eigenvalue weighted by molar-refractivity contribution is 6.30. The molecule has 1 amide bonds. The maximum Gasteiger partial charge on any atom is 0.226 e. The molecule has 1 saturated heterocycles. The first kappa shape index (κ1) is 16.7. The second-order valence-corrected chi connectivity index (χ2v) is 7.04. The van der Waals surface area contributed by atoms with Gasteiger partial charge in [-0.05, 0) is 36.5 Å². The molecular weight excluding hydrogens is 312 g/mol. The van der Waals surface area contributed by atoms with Crippen LogP contribution in [0.3, 0.4) is 0 Å². The SMILES string of the molecule is CCC(CO)N1CCN(C(=O)C2CC2c2ccc(Cl)cc2)CC1. The van der Waals surface area contributed by atoms with Crippen molar-refractivity contribution >= 4 is 17.5 Å². The lowest BCUT2D eigenvalue weighted by Crippen LogP contribution is -2.53. The number of aliphatic hydroxyl groups is 1. The Labute approximate surface area is 143 Å². The Kier molecular flexibility index (Phi) is 5.24. The zero-order valence-corrected chi connectivity index (χ0v) is 14.4. The van der Waals surface area contributed by atoms with Crippen LogP contribution in [-0.4, -0.2) is 59.6 Å². The van der Waals surface area contributed by atoms with Gasteiger partial charge in [0.15, 0.2) is 0 Å². The van der Waals surface area contributed by atoms with Crippen molar-refractivity contribution in [3.05, 3.63) is 34.9 Å². The zero-order valence-electron chi connectivity index (χ0n) is 13.6. The van der Waals surface area contributed by atoms with E-state index in [2.05, 4.69) is 11.8 Å². The second-order valence-electron chi connectivity index (χ2n) is 6.61. The Bertz CT molecular complexity index is 536. The number of carbonyl (C=O) groups excluding carboxylic acids is 1. The van der Waals surface area contributed by atoms with Crippen LogP contribution in [0.1, 0.15) is 31.2 Å². The number of carbonyl (C=O) groups is 1. The standard InChI is InChI=1S/C18H25ClN2O2/c1-2-15(12-22)20-7-9-21(10-8-20)18(23)17-11-16(17)13-3-5-14(19)6-4-13/h3-6,15-17,22H,2,7-12H2,1H3. The third kappa shape index (κ3) is 3.70. The number of benzene rings is 1. The fourth-order valence-electron chi connectivity index (χ4n) is 3.59. The molecule has 23 heavy (non-hydrogen) atoms. The normalized spacial score (nSPS) is 26.1. The van der Waals surface area contributed by atoms with Gasteiger partial charge in [-0.2, -0.15) is 0 Å². The first-order chi connectivity index (χ1) is 11.1. The van der Waals surface area contributed by atoms with Gasteiger partial charge in [-0.3, -0.25) is 9.69 Å². The van der Waals surface area contributed by atoms with Crippen LogP contribution < -0.4 is 0 Å². The van der Waals surface area contributed by atoms with E-state index in [1.165, 1.54) is 5.56 Å². The lowest BCUT2D eigenvalue weighted by Gasteiger charge is -2.38. The highest BCUT2D eigenvalue weighted by Gasteiger charge is 2.46. The molecule has 0 bridgehead atoms. The minimum Gasteiger partial charge on any atom is -0.395 e. The summed E-state index contributed by atoms with van der Waals surface area (Å²) in [6, 6.07) is 8.09. The number of nitrogens with zero attached hydrogens (tertiary/aromatic N) is 2. The summed E-state index contributed by atoms with van der Waals surface area (Å²) in [5.41, 5.74) is 1.22. The van der Waals surface area contributed by atoms with Crippen LogP contribution >= 0.6 is 11.6 Å². The van der Waals surface area contributed by atoms with Gasteiger partial charge < -0.3 is 10.0 Å². The van der Waals surface area contributed by atoms with Crippen molar-refractivity contribution in [1.82, 2.24) is 9.80 Å². The molecule has 1 saturated carbocycles. The summed E-state index contributed by atoms with van der Waals surface area (Å²) in [6.45, 7) is 5.58. The minimum atomic E-state index is 0.141. The summed E-state index contributed by atoms with van der Waals surface area (Å²) in [6.07, 6.45) is 1.90. The average molecular weight is 337 g/mol. The van der Waals surface area contributed by atoms with Crippen molar-refractivity contribution in [3.63, 3.8) is 0 Å². The van der Waals surface area contributed by atoms with Gasteiger partial charge in [-0.25, -0.2) is 0 Å². The molecule has 1 aromatic carbocycles. The number of hydrogen-bond donors (Lipinski definition) is 1. The summed E-state index contributed by atoms with van der Waals surface area (Å²) in [7, 11) is 0. The zero-order chi connectivity index (χ0) is 16.4. The Morgan fingerprint density at radius 2 is 1.91 bits per heavy atom. The molecule has 3 rings (SSSR count). The number of piperazine rings is 1. The van der Waals surface area contributed by atoms with Crippen molar-refractivity contribution in [2.75, 3.05) is 32.8 Å². The molecule has 1 aliphatic carbocycles. The highest BCUT2D eigenvalue weighted by atomic mass is 35.5. The van der Waals surface area contributed by atoms with Gasteiger partial charge in [-0.15, -0.1) is 0 Å². The van der Waals surface area contributed by atoms with E-state index in [4.69, 9.17) is 11.6 Å². The molecule has 1 N–H and O–H groups in total. The van der Waals surface area contributed by atoms with Crippen molar-refractivity contribution < 1.29 is 9.90 Å². The Morgan fingerprint density at radius 1 is 1.26 bits per heavy atom. The third-order valence-corrected chi connectivity index (χ3v) is 5.48. The highest BCUT2D eigenvalue weighted by Crippen LogP contribution is 2.48. The van der Waals surface area contributed by atoms with Gasteiger partial charge >= 0.3 is 0 Å². The van der Waals surface area contributed by atoms with E-state index < -0.39 is 0 Å². The fourth-order valence-corrected chi connectivity index (χ4v) is 3.72. The molecular formula is C18H25ClN2O2. The van der Waals surface area contributed by atoms with Crippen molar-refractivity contribution in [3.8, 4) is 0 Å². The van der Waals surface area contributed by atoms with Crippen molar-refractivity contribution in [1.29, 1.82) is 0 Å². The summed E-state index contributed by atoms with van der Waals surface area (Å²) >= 11 is 5.92. The van der Waals surface area contributed by atoms with Crippen LogP contribution in [0.5, 0.6) is 0 Å². The van der Waals surface area contributed by atoms with E-state index in [0.29, 0.717) is 11.8 Å². The predicted octanol–water partition coefficient (Wildman–Crippen LogP) is 2.36. The van der Waals surface area contributed by atoms with E-state index in [0.717, 1.165) is 44.0 Å².